The number of unbranched alkanes of at least 4 members (excludes halogenated alkanes) is 1. The van der Waals surface area contributed by atoms with Crippen molar-refractivity contribution < 1.29 is 14.3 Å². The Labute approximate surface area is 91.1 Å². The van der Waals surface area contributed by atoms with Crippen LogP contribution in [-0.2, 0) is 11.3 Å². The van der Waals surface area contributed by atoms with Crippen molar-refractivity contribution in [1.82, 2.24) is 0 Å². The van der Waals surface area contributed by atoms with Crippen molar-refractivity contribution in [2.24, 2.45) is 0 Å². The van der Waals surface area contributed by atoms with Gasteiger partial charge in [-0.25, -0.2) is 0 Å². The molecule has 0 aromatic carbocycles. The van der Waals surface area contributed by atoms with Crippen molar-refractivity contribution in [3.05, 3.63) is 23.7 Å². The summed E-state index contributed by atoms with van der Waals surface area (Å²) in [6.45, 7) is 5.21. The zero-order valence-electron chi connectivity index (χ0n) is 9.53. The number of ether oxygens (including phenoxy) is 1. The normalized spacial score (nSPS) is 13.0. The van der Waals surface area contributed by atoms with Crippen LogP contribution >= 0.6 is 0 Å². The maximum absolute atomic E-state index is 9.76. The van der Waals surface area contributed by atoms with E-state index in [4.69, 9.17) is 9.15 Å². The lowest BCUT2D eigenvalue weighted by atomic mass is 10.1. The minimum Gasteiger partial charge on any atom is -0.461 e. The van der Waals surface area contributed by atoms with E-state index in [-0.39, 0.29) is 0 Å². The van der Waals surface area contributed by atoms with Crippen LogP contribution < -0.4 is 0 Å². The van der Waals surface area contributed by atoms with Gasteiger partial charge < -0.3 is 14.3 Å². The SMILES string of the molecule is CCCCC(O)c1ccc(COCC)o1. The molecule has 1 rings (SSSR count). The van der Waals surface area contributed by atoms with Crippen LogP contribution in [-0.4, -0.2) is 11.7 Å². The van der Waals surface area contributed by atoms with Crippen molar-refractivity contribution in [2.45, 2.75) is 45.8 Å². The Morgan fingerprint density at radius 1 is 1.40 bits per heavy atom. The first kappa shape index (κ1) is 12.3. The van der Waals surface area contributed by atoms with E-state index in [9.17, 15) is 5.11 Å². The molecule has 1 unspecified atom stereocenters. The molecule has 0 aliphatic heterocycles. The lowest BCUT2D eigenvalue weighted by Crippen LogP contribution is -1.95. The molecule has 0 fully saturated rings. The fourth-order valence-corrected chi connectivity index (χ4v) is 1.39. The molecule has 0 saturated heterocycles. The molecule has 86 valence electrons. The summed E-state index contributed by atoms with van der Waals surface area (Å²) in [6, 6.07) is 3.69. The zero-order chi connectivity index (χ0) is 11.1. The van der Waals surface area contributed by atoms with Crippen molar-refractivity contribution >= 4 is 0 Å². The van der Waals surface area contributed by atoms with E-state index in [0.717, 1.165) is 25.0 Å². The molecular formula is C12H20O3. The molecule has 1 atom stereocenters. The van der Waals surface area contributed by atoms with Crippen molar-refractivity contribution in [3.63, 3.8) is 0 Å². The van der Waals surface area contributed by atoms with Gasteiger partial charge in [0.2, 0.25) is 0 Å². The number of hydrogen-bond donors (Lipinski definition) is 1. The smallest absolute Gasteiger partial charge is 0.132 e. The number of aliphatic hydroxyl groups is 1. The molecule has 0 spiro atoms. The highest BCUT2D eigenvalue weighted by Crippen LogP contribution is 2.21. The average Bonchev–Trinajstić information content (AvgIpc) is 2.71. The molecule has 0 aliphatic carbocycles. The first-order valence-electron chi connectivity index (χ1n) is 5.62. The van der Waals surface area contributed by atoms with E-state index >= 15 is 0 Å². The summed E-state index contributed by atoms with van der Waals surface area (Å²) in [5, 5.41) is 9.76. The second kappa shape index (κ2) is 6.64. The zero-order valence-corrected chi connectivity index (χ0v) is 9.53. The van der Waals surface area contributed by atoms with Crippen molar-refractivity contribution in [1.29, 1.82) is 0 Å². The van der Waals surface area contributed by atoms with Crippen LogP contribution in [0, 0.1) is 0 Å². The number of hydrogen-bond acceptors (Lipinski definition) is 3. The summed E-state index contributed by atoms with van der Waals surface area (Å²) >= 11 is 0. The molecule has 1 heterocycles. The Morgan fingerprint density at radius 3 is 2.87 bits per heavy atom. The van der Waals surface area contributed by atoms with Gasteiger partial charge in [-0.15, -0.1) is 0 Å². The standard InChI is InChI=1S/C12H20O3/c1-3-5-6-11(13)12-8-7-10(15-12)9-14-4-2/h7-8,11,13H,3-6,9H2,1-2H3. The molecule has 1 aromatic rings. The fourth-order valence-electron chi connectivity index (χ4n) is 1.39. The molecule has 1 aromatic heterocycles. The van der Waals surface area contributed by atoms with Crippen LogP contribution in [0.4, 0.5) is 0 Å². The topological polar surface area (TPSA) is 42.6 Å². The van der Waals surface area contributed by atoms with Gasteiger partial charge in [0.05, 0.1) is 0 Å². The highest BCUT2D eigenvalue weighted by Gasteiger charge is 2.11. The van der Waals surface area contributed by atoms with Gasteiger partial charge in [0.1, 0.15) is 24.2 Å². The first-order chi connectivity index (χ1) is 7.27. The molecule has 3 nitrogen and oxygen atoms in total. The van der Waals surface area contributed by atoms with Crippen LogP contribution in [0.3, 0.4) is 0 Å². The van der Waals surface area contributed by atoms with Gasteiger partial charge in [-0.1, -0.05) is 19.8 Å². The second-order valence-electron chi connectivity index (χ2n) is 3.60. The van der Waals surface area contributed by atoms with Gasteiger partial charge in [0, 0.05) is 6.61 Å². The third kappa shape index (κ3) is 4.06. The predicted octanol–water partition coefficient (Wildman–Crippen LogP) is 3.04. The van der Waals surface area contributed by atoms with E-state index in [2.05, 4.69) is 6.92 Å². The fraction of sp³-hybridized carbons (Fsp3) is 0.667. The van der Waals surface area contributed by atoms with Gasteiger partial charge in [-0.3, -0.25) is 0 Å². The Kier molecular flexibility index (Phi) is 5.43. The van der Waals surface area contributed by atoms with Crippen LogP contribution in [0.2, 0.25) is 0 Å². The van der Waals surface area contributed by atoms with E-state index in [1.54, 1.807) is 0 Å². The summed E-state index contributed by atoms with van der Waals surface area (Å²) in [4.78, 5) is 0. The predicted molar refractivity (Wildman–Crippen MR) is 58.5 cm³/mol. The maximum atomic E-state index is 9.76. The third-order valence-electron chi connectivity index (χ3n) is 2.29. The highest BCUT2D eigenvalue weighted by atomic mass is 16.5. The monoisotopic (exact) mass is 212 g/mol. The molecular weight excluding hydrogens is 192 g/mol. The van der Waals surface area contributed by atoms with E-state index in [0.29, 0.717) is 19.0 Å². The molecule has 3 heteroatoms. The molecule has 0 aliphatic rings. The first-order valence-corrected chi connectivity index (χ1v) is 5.62. The Balaban J connectivity index is 2.43. The quantitative estimate of drug-likeness (QED) is 0.755. The van der Waals surface area contributed by atoms with E-state index in [1.165, 1.54) is 0 Å². The van der Waals surface area contributed by atoms with E-state index in [1.807, 2.05) is 19.1 Å². The largest absolute Gasteiger partial charge is 0.461 e. The van der Waals surface area contributed by atoms with E-state index < -0.39 is 6.10 Å². The summed E-state index contributed by atoms with van der Waals surface area (Å²) < 4.78 is 10.7. The molecule has 15 heavy (non-hydrogen) atoms. The number of rotatable bonds is 7. The minimum absolute atomic E-state index is 0.472. The minimum atomic E-state index is -0.472. The van der Waals surface area contributed by atoms with Crippen LogP contribution in [0.25, 0.3) is 0 Å². The Hall–Kier alpha value is -0.800. The molecule has 0 saturated carbocycles. The van der Waals surface area contributed by atoms with Gasteiger partial charge in [0.25, 0.3) is 0 Å². The molecule has 0 amide bonds. The average molecular weight is 212 g/mol. The molecule has 0 radical (unpaired) electrons. The lowest BCUT2D eigenvalue weighted by Gasteiger charge is -2.06. The number of furan rings is 1. The third-order valence-corrected chi connectivity index (χ3v) is 2.29. The van der Waals surface area contributed by atoms with Gasteiger partial charge in [-0.05, 0) is 25.5 Å². The number of aliphatic hydroxyl groups excluding tert-OH is 1. The molecule has 0 bridgehead atoms. The van der Waals surface area contributed by atoms with Gasteiger partial charge in [0.15, 0.2) is 0 Å². The van der Waals surface area contributed by atoms with Gasteiger partial charge >= 0.3 is 0 Å². The van der Waals surface area contributed by atoms with Crippen LogP contribution in [0.5, 0.6) is 0 Å². The molecule has 1 N–H and O–H groups in total. The van der Waals surface area contributed by atoms with Crippen molar-refractivity contribution in [2.75, 3.05) is 6.61 Å². The summed E-state index contributed by atoms with van der Waals surface area (Å²) in [7, 11) is 0. The summed E-state index contributed by atoms with van der Waals surface area (Å²) in [5.41, 5.74) is 0. The lowest BCUT2D eigenvalue weighted by molar-refractivity contribution is 0.104. The Bertz CT molecular complexity index is 268. The maximum Gasteiger partial charge on any atom is 0.132 e. The second-order valence-corrected chi connectivity index (χ2v) is 3.60. The highest BCUT2D eigenvalue weighted by molar-refractivity contribution is 5.08. The summed E-state index contributed by atoms with van der Waals surface area (Å²) in [5.74, 6) is 1.43. The van der Waals surface area contributed by atoms with Crippen LogP contribution in [0.15, 0.2) is 16.5 Å². The van der Waals surface area contributed by atoms with Gasteiger partial charge in [-0.2, -0.15) is 0 Å². The van der Waals surface area contributed by atoms with Crippen LogP contribution in [0.1, 0.15) is 50.7 Å². The Morgan fingerprint density at radius 2 is 2.20 bits per heavy atom. The van der Waals surface area contributed by atoms with Crippen molar-refractivity contribution in [3.8, 4) is 0 Å². The summed E-state index contributed by atoms with van der Waals surface area (Å²) in [6.07, 6.45) is 2.39.